The van der Waals surface area contributed by atoms with E-state index in [4.69, 9.17) is 0 Å². The van der Waals surface area contributed by atoms with Gasteiger partial charge in [0.1, 0.15) is 0 Å². The molecule has 0 heterocycles. The molecular weight excluding hydrogens is 191 g/mol. The van der Waals surface area contributed by atoms with Crippen LogP contribution in [0.5, 0.6) is 0 Å². The zero-order valence-electron chi connectivity index (χ0n) is 10.7. The van der Waals surface area contributed by atoms with Gasteiger partial charge in [-0.2, -0.15) is 0 Å². The van der Waals surface area contributed by atoms with E-state index in [1.165, 1.54) is 0 Å². The highest BCUT2D eigenvalue weighted by molar-refractivity contribution is 7.66. The van der Waals surface area contributed by atoms with Crippen LogP contribution in [-0.2, 0) is 4.57 Å². The summed E-state index contributed by atoms with van der Waals surface area (Å²) in [6.07, 6.45) is 3.14. The lowest BCUT2D eigenvalue weighted by molar-refractivity contribution is 0.539. The van der Waals surface area contributed by atoms with Crippen LogP contribution in [0.3, 0.4) is 0 Å². The van der Waals surface area contributed by atoms with Crippen LogP contribution in [0.2, 0.25) is 0 Å². The Kier molecular flexibility index (Phi) is 6.05. The fourth-order valence-corrected chi connectivity index (χ4v) is 6.48. The first kappa shape index (κ1) is 14.2. The Hall–Kier alpha value is 0.230. The van der Waals surface area contributed by atoms with Gasteiger partial charge in [0.15, 0.2) is 0 Å². The van der Waals surface area contributed by atoms with Crippen molar-refractivity contribution < 1.29 is 4.57 Å². The van der Waals surface area contributed by atoms with Gasteiger partial charge < -0.3 is 4.57 Å². The molecule has 0 aliphatic rings. The van der Waals surface area contributed by atoms with Gasteiger partial charge in [-0.1, -0.05) is 41.5 Å². The van der Waals surface area contributed by atoms with Crippen LogP contribution in [-0.4, -0.2) is 17.0 Å². The van der Waals surface area contributed by atoms with E-state index < -0.39 is 7.14 Å². The summed E-state index contributed by atoms with van der Waals surface area (Å²) in [7, 11) is -1.99. The highest BCUT2D eigenvalue weighted by Gasteiger charge is 2.37. The van der Waals surface area contributed by atoms with Crippen molar-refractivity contribution in [3.63, 3.8) is 0 Å². The molecule has 14 heavy (non-hydrogen) atoms. The Bertz CT molecular complexity index is 167. The summed E-state index contributed by atoms with van der Waals surface area (Å²) in [5, 5.41) is 0. The first-order valence-electron chi connectivity index (χ1n) is 6.04. The van der Waals surface area contributed by atoms with Gasteiger partial charge in [0, 0.05) is 17.0 Å². The van der Waals surface area contributed by atoms with Crippen LogP contribution in [0, 0.1) is 0 Å². The fourth-order valence-electron chi connectivity index (χ4n) is 2.16. The van der Waals surface area contributed by atoms with E-state index in [2.05, 4.69) is 41.5 Å². The molecule has 3 unspecified atom stereocenters. The van der Waals surface area contributed by atoms with E-state index in [1.807, 2.05) is 0 Å². The third-order valence-electron chi connectivity index (χ3n) is 3.84. The van der Waals surface area contributed by atoms with Crippen molar-refractivity contribution in [2.45, 2.75) is 77.8 Å². The number of hydrogen-bond acceptors (Lipinski definition) is 1. The molecule has 0 N–H and O–H groups in total. The van der Waals surface area contributed by atoms with E-state index >= 15 is 0 Å². The van der Waals surface area contributed by atoms with Gasteiger partial charge in [0.2, 0.25) is 0 Å². The Morgan fingerprint density at radius 2 is 1.00 bits per heavy atom. The summed E-state index contributed by atoms with van der Waals surface area (Å²) >= 11 is 0. The minimum absolute atomic E-state index is 0.396. The van der Waals surface area contributed by atoms with Crippen molar-refractivity contribution in [2.24, 2.45) is 0 Å². The molecule has 86 valence electrons. The van der Waals surface area contributed by atoms with Crippen LogP contribution >= 0.6 is 7.14 Å². The molecule has 0 aromatic rings. The second kappa shape index (κ2) is 5.95. The molecule has 0 aliphatic carbocycles. The minimum atomic E-state index is -1.99. The number of rotatable bonds is 6. The van der Waals surface area contributed by atoms with Crippen molar-refractivity contribution in [2.75, 3.05) is 0 Å². The molecule has 0 aromatic heterocycles. The van der Waals surface area contributed by atoms with Crippen molar-refractivity contribution >= 4 is 7.14 Å². The first-order valence-corrected chi connectivity index (χ1v) is 7.95. The Morgan fingerprint density at radius 3 is 1.14 bits per heavy atom. The lowest BCUT2D eigenvalue weighted by Gasteiger charge is -2.34. The monoisotopic (exact) mass is 218 g/mol. The van der Waals surface area contributed by atoms with Gasteiger partial charge >= 0.3 is 0 Å². The van der Waals surface area contributed by atoms with Crippen molar-refractivity contribution in [3.8, 4) is 0 Å². The van der Waals surface area contributed by atoms with Gasteiger partial charge in [-0.05, 0) is 19.3 Å². The fraction of sp³-hybridized carbons (Fsp3) is 1.00. The van der Waals surface area contributed by atoms with Crippen LogP contribution in [0.25, 0.3) is 0 Å². The maximum Gasteiger partial charge on any atom is 0.0956 e. The van der Waals surface area contributed by atoms with E-state index in [9.17, 15) is 4.57 Å². The normalized spacial score (nSPS) is 22.4. The highest BCUT2D eigenvalue weighted by Crippen LogP contribution is 2.61. The molecule has 0 aliphatic heterocycles. The standard InChI is InChI=1S/C12H27OP/c1-7-10(4)14(13,11(5)8-2)12(6)9-3/h10-12H,7-9H2,1-6H3. The molecule has 2 heteroatoms. The third kappa shape index (κ3) is 2.63. The average molecular weight is 218 g/mol. The molecular formula is C12H27OP. The second-order valence-electron chi connectivity index (χ2n) is 4.54. The average Bonchev–Trinajstić information content (AvgIpc) is 2.24. The maximum atomic E-state index is 13.0. The van der Waals surface area contributed by atoms with Crippen molar-refractivity contribution in [1.29, 1.82) is 0 Å². The van der Waals surface area contributed by atoms with Gasteiger partial charge in [-0.25, -0.2) is 0 Å². The van der Waals surface area contributed by atoms with E-state index in [0.29, 0.717) is 17.0 Å². The van der Waals surface area contributed by atoms with Crippen LogP contribution < -0.4 is 0 Å². The van der Waals surface area contributed by atoms with Gasteiger partial charge in [0.25, 0.3) is 0 Å². The van der Waals surface area contributed by atoms with Gasteiger partial charge in [0.05, 0.1) is 7.14 Å². The zero-order chi connectivity index (χ0) is 11.4. The third-order valence-corrected chi connectivity index (χ3v) is 9.07. The summed E-state index contributed by atoms with van der Waals surface area (Å²) in [5.74, 6) is 0. The highest BCUT2D eigenvalue weighted by atomic mass is 31.2. The predicted octanol–water partition coefficient (Wildman–Crippen LogP) is 4.75. The molecule has 0 saturated heterocycles. The Morgan fingerprint density at radius 1 is 0.786 bits per heavy atom. The van der Waals surface area contributed by atoms with Crippen molar-refractivity contribution in [3.05, 3.63) is 0 Å². The van der Waals surface area contributed by atoms with Crippen LogP contribution in [0.4, 0.5) is 0 Å². The van der Waals surface area contributed by atoms with E-state index in [1.54, 1.807) is 0 Å². The van der Waals surface area contributed by atoms with Gasteiger partial charge in [-0.3, -0.25) is 0 Å². The topological polar surface area (TPSA) is 17.1 Å². The molecule has 0 spiro atoms. The Labute approximate surface area is 90.0 Å². The second-order valence-corrected chi connectivity index (χ2v) is 8.71. The van der Waals surface area contributed by atoms with E-state index in [0.717, 1.165) is 19.3 Å². The summed E-state index contributed by atoms with van der Waals surface area (Å²) in [5.41, 5.74) is 1.19. The molecule has 0 rings (SSSR count). The molecule has 0 aromatic carbocycles. The molecule has 0 bridgehead atoms. The molecule has 1 nitrogen and oxygen atoms in total. The van der Waals surface area contributed by atoms with Crippen molar-refractivity contribution in [1.82, 2.24) is 0 Å². The Balaban J connectivity index is 4.94. The molecule has 0 amide bonds. The molecule has 0 fully saturated rings. The molecule has 0 saturated carbocycles. The van der Waals surface area contributed by atoms with Gasteiger partial charge in [-0.15, -0.1) is 0 Å². The minimum Gasteiger partial charge on any atom is -0.323 e. The summed E-state index contributed by atoms with van der Waals surface area (Å²) < 4.78 is 13.0. The SMILES string of the molecule is CCC(C)P(=O)(C(C)CC)C(C)CC. The predicted molar refractivity (Wildman–Crippen MR) is 66.9 cm³/mol. The maximum absolute atomic E-state index is 13.0. The first-order chi connectivity index (χ1) is 6.44. The lowest BCUT2D eigenvalue weighted by Crippen LogP contribution is -2.21. The molecule has 0 radical (unpaired) electrons. The zero-order valence-corrected chi connectivity index (χ0v) is 11.6. The summed E-state index contributed by atoms with van der Waals surface area (Å²) in [4.78, 5) is 0. The van der Waals surface area contributed by atoms with Crippen LogP contribution in [0.1, 0.15) is 60.8 Å². The largest absolute Gasteiger partial charge is 0.323 e. The van der Waals surface area contributed by atoms with Crippen LogP contribution in [0.15, 0.2) is 0 Å². The summed E-state index contributed by atoms with van der Waals surface area (Å²) in [6.45, 7) is 13.0. The summed E-state index contributed by atoms with van der Waals surface area (Å²) in [6, 6.07) is 0. The number of hydrogen-bond donors (Lipinski definition) is 0. The molecule has 3 atom stereocenters. The quantitative estimate of drug-likeness (QED) is 0.588. The van der Waals surface area contributed by atoms with E-state index in [-0.39, 0.29) is 0 Å². The lowest BCUT2D eigenvalue weighted by atomic mass is 10.3. The smallest absolute Gasteiger partial charge is 0.0956 e.